The first-order chi connectivity index (χ1) is 14.4. The molecule has 0 spiro atoms. The molecule has 2 aromatic carbocycles. The fourth-order valence-electron chi connectivity index (χ4n) is 3.34. The first-order valence-electron chi connectivity index (χ1n) is 9.51. The number of carbonyl (C=O) groups is 2. The summed E-state index contributed by atoms with van der Waals surface area (Å²) in [6.07, 6.45) is 0. The van der Waals surface area contributed by atoms with Crippen molar-refractivity contribution in [1.29, 1.82) is 0 Å². The van der Waals surface area contributed by atoms with E-state index in [4.69, 9.17) is 4.98 Å². The number of rotatable bonds is 3. The van der Waals surface area contributed by atoms with Crippen molar-refractivity contribution in [2.75, 3.05) is 0 Å². The Morgan fingerprint density at radius 1 is 0.900 bits per heavy atom. The Bertz CT molecular complexity index is 1240. The van der Waals surface area contributed by atoms with E-state index in [0.717, 1.165) is 11.1 Å². The number of carbonyl (C=O) groups excluding carboxylic acids is 2. The molecule has 0 aliphatic rings. The molecule has 4 aromatic rings. The van der Waals surface area contributed by atoms with E-state index >= 15 is 0 Å². The average Bonchev–Trinajstić information content (AvgIpc) is 3.06. The van der Waals surface area contributed by atoms with E-state index in [2.05, 4.69) is 16.0 Å². The third kappa shape index (κ3) is 3.65. The van der Waals surface area contributed by atoms with Gasteiger partial charge in [0.2, 0.25) is 0 Å². The quantitative estimate of drug-likeness (QED) is 0.517. The van der Waals surface area contributed by atoms with Crippen LogP contribution in [0.4, 0.5) is 0 Å². The normalized spacial score (nSPS) is 10.8. The van der Waals surface area contributed by atoms with Crippen molar-refractivity contribution in [2.24, 2.45) is 7.05 Å². The van der Waals surface area contributed by atoms with Crippen LogP contribution < -0.4 is 10.9 Å². The molecule has 2 heterocycles. The number of hydrogen-bond donors (Lipinski definition) is 2. The number of nitrogens with zero attached hydrogens (tertiary/aromatic N) is 3. The van der Waals surface area contributed by atoms with E-state index in [0.29, 0.717) is 33.5 Å². The van der Waals surface area contributed by atoms with Gasteiger partial charge in [-0.25, -0.2) is 4.98 Å². The Hall–Kier alpha value is -4.00. The third-order valence-corrected chi connectivity index (χ3v) is 4.89. The third-order valence-electron chi connectivity index (χ3n) is 4.89. The zero-order chi connectivity index (χ0) is 21.3. The molecule has 0 aliphatic heterocycles. The number of aromatic nitrogens is 3. The summed E-state index contributed by atoms with van der Waals surface area (Å²) in [6, 6.07) is 18.4. The monoisotopic (exact) mass is 399 g/mol. The van der Waals surface area contributed by atoms with Gasteiger partial charge in [-0.15, -0.1) is 0 Å². The maximum absolute atomic E-state index is 13.0. The van der Waals surface area contributed by atoms with Crippen LogP contribution in [0.1, 0.15) is 32.0 Å². The Morgan fingerprint density at radius 2 is 1.57 bits per heavy atom. The van der Waals surface area contributed by atoms with Gasteiger partial charge in [-0.05, 0) is 32.0 Å². The molecule has 0 radical (unpaired) electrons. The van der Waals surface area contributed by atoms with Crippen molar-refractivity contribution in [1.82, 2.24) is 25.6 Å². The Balaban J connectivity index is 1.67. The Labute approximate surface area is 173 Å². The van der Waals surface area contributed by atoms with E-state index in [1.54, 1.807) is 29.9 Å². The van der Waals surface area contributed by atoms with Crippen molar-refractivity contribution in [3.63, 3.8) is 0 Å². The number of nitrogens with one attached hydrogen (secondary N) is 2. The molecule has 2 N–H and O–H groups in total. The minimum Gasteiger partial charge on any atom is -0.267 e. The van der Waals surface area contributed by atoms with Crippen LogP contribution in [0.25, 0.3) is 22.3 Å². The highest BCUT2D eigenvalue weighted by Crippen LogP contribution is 2.26. The van der Waals surface area contributed by atoms with E-state index in [1.807, 2.05) is 56.3 Å². The van der Waals surface area contributed by atoms with Gasteiger partial charge >= 0.3 is 0 Å². The van der Waals surface area contributed by atoms with Crippen LogP contribution in [0.2, 0.25) is 0 Å². The van der Waals surface area contributed by atoms with Crippen molar-refractivity contribution in [3.8, 4) is 11.3 Å². The van der Waals surface area contributed by atoms with Crippen LogP contribution in [0.3, 0.4) is 0 Å². The van der Waals surface area contributed by atoms with Gasteiger partial charge in [-0.2, -0.15) is 5.10 Å². The summed E-state index contributed by atoms with van der Waals surface area (Å²) in [7, 11) is 1.79. The maximum Gasteiger partial charge on any atom is 0.270 e. The standard InChI is InChI=1S/C23H21N5O2/c1-14-9-11-17(12-10-14)22(29)25-26-23(30)18-13-19(16-7-5-4-6-8-16)24-21-20(18)15(2)27-28(21)3/h4-13H,1-3H3,(H,25,29)(H,26,30). The zero-order valence-corrected chi connectivity index (χ0v) is 16.9. The van der Waals surface area contributed by atoms with Gasteiger partial charge in [-0.1, -0.05) is 48.0 Å². The predicted molar refractivity (Wildman–Crippen MR) is 115 cm³/mol. The van der Waals surface area contributed by atoms with Gasteiger partial charge in [0.15, 0.2) is 5.65 Å². The number of fused-ring (bicyclic) bond motifs is 1. The van der Waals surface area contributed by atoms with E-state index in [1.165, 1.54) is 0 Å². The van der Waals surface area contributed by atoms with Gasteiger partial charge in [0.25, 0.3) is 11.8 Å². The highest BCUT2D eigenvalue weighted by Gasteiger charge is 2.19. The average molecular weight is 399 g/mol. The number of amides is 2. The lowest BCUT2D eigenvalue weighted by Gasteiger charge is -2.10. The molecule has 0 saturated carbocycles. The molecular weight excluding hydrogens is 378 g/mol. The number of pyridine rings is 1. The smallest absolute Gasteiger partial charge is 0.267 e. The van der Waals surface area contributed by atoms with Crippen LogP contribution in [0, 0.1) is 13.8 Å². The largest absolute Gasteiger partial charge is 0.270 e. The predicted octanol–water partition coefficient (Wildman–Crippen LogP) is 3.33. The SMILES string of the molecule is Cc1ccc(C(=O)NNC(=O)c2cc(-c3ccccc3)nc3c2c(C)nn3C)cc1. The van der Waals surface area contributed by atoms with Gasteiger partial charge in [0.05, 0.1) is 22.3 Å². The van der Waals surface area contributed by atoms with Crippen LogP contribution >= 0.6 is 0 Å². The summed E-state index contributed by atoms with van der Waals surface area (Å²) in [5, 5.41) is 5.06. The molecule has 0 atom stereocenters. The highest BCUT2D eigenvalue weighted by molar-refractivity contribution is 6.08. The summed E-state index contributed by atoms with van der Waals surface area (Å²) in [4.78, 5) is 30.1. The molecule has 7 nitrogen and oxygen atoms in total. The minimum atomic E-state index is -0.434. The molecular formula is C23H21N5O2. The van der Waals surface area contributed by atoms with E-state index < -0.39 is 5.91 Å². The summed E-state index contributed by atoms with van der Waals surface area (Å²) in [5.41, 5.74) is 9.74. The molecule has 4 rings (SSSR count). The number of aryl methyl sites for hydroxylation is 3. The fraction of sp³-hybridized carbons (Fsp3) is 0.130. The molecule has 150 valence electrons. The van der Waals surface area contributed by atoms with Crippen molar-refractivity contribution < 1.29 is 9.59 Å². The first kappa shape index (κ1) is 19.3. The second-order valence-electron chi connectivity index (χ2n) is 7.10. The Morgan fingerprint density at radius 3 is 2.27 bits per heavy atom. The first-order valence-corrected chi connectivity index (χ1v) is 9.51. The van der Waals surface area contributed by atoms with Gasteiger partial charge in [0.1, 0.15) is 0 Å². The molecule has 0 saturated heterocycles. The second kappa shape index (κ2) is 7.79. The van der Waals surface area contributed by atoms with Crippen LogP contribution in [-0.2, 0) is 7.05 Å². The molecule has 0 aliphatic carbocycles. The van der Waals surface area contributed by atoms with Crippen molar-refractivity contribution in [3.05, 3.63) is 83.0 Å². The summed E-state index contributed by atoms with van der Waals surface area (Å²) in [6.45, 7) is 3.77. The lowest BCUT2D eigenvalue weighted by Crippen LogP contribution is -2.41. The fourth-order valence-corrected chi connectivity index (χ4v) is 3.34. The molecule has 7 heteroatoms. The molecule has 30 heavy (non-hydrogen) atoms. The molecule has 0 bridgehead atoms. The highest BCUT2D eigenvalue weighted by atomic mass is 16.2. The lowest BCUT2D eigenvalue weighted by molar-refractivity contribution is 0.0847. The number of hydrazine groups is 1. The molecule has 2 amide bonds. The zero-order valence-electron chi connectivity index (χ0n) is 16.9. The van der Waals surface area contributed by atoms with Gasteiger partial charge in [-0.3, -0.25) is 25.1 Å². The number of benzene rings is 2. The van der Waals surface area contributed by atoms with Crippen LogP contribution in [0.5, 0.6) is 0 Å². The molecule has 0 fully saturated rings. The number of hydrogen-bond acceptors (Lipinski definition) is 4. The van der Waals surface area contributed by atoms with Gasteiger partial charge < -0.3 is 0 Å². The molecule has 2 aromatic heterocycles. The molecule has 0 unspecified atom stereocenters. The lowest BCUT2D eigenvalue weighted by atomic mass is 10.1. The van der Waals surface area contributed by atoms with E-state index in [-0.39, 0.29) is 5.91 Å². The Kier molecular flexibility index (Phi) is 5.02. The summed E-state index contributed by atoms with van der Waals surface area (Å²) >= 11 is 0. The second-order valence-corrected chi connectivity index (χ2v) is 7.10. The topological polar surface area (TPSA) is 88.9 Å². The minimum absolute atomic E-state index is 0.389. The van der Waals surface area contributed by atoms with Crippen molar-refractivity contribution in [2.45, 2.75) is 13.8 Å². The van der Waals surface area contributed by atoms with Crippen LogP contribution in [0.15, 0.2) is 60.7 Å². The maximum atomic E-state index is 13.0. The van der Waals surface area contributed by atoms with E-state index in [9.17, 15) is 9.59 Å². The van der Waals surface area contributed by atoms with Crippen molar-refractivity contribution >= 4 is 22.8 Å². The van der Waals surface area contributed by atoms with Gasteiger partial charge in [0, 0.05) is 18.2 Å². The summed E-state index contributed by atoms with van der Waals surface area (Å²) in [5.74, 6) is -0.823. The van der Waals surface area contributed by atoms with Crippen LogP contribution in [-0.4, -0.2) is 26.6 Å². The summed E-state index contributed by atoms with van der Waals surface area (Å²) < 4.78 is 1.65.